The first-order chi connectivity index (χ1) is 14.0. The first kappa shape index (κ1) is 19.2. The van der Waals surface area contributed by atoms with Crippen LogP contribution >= 0.6 is 0 Å². The fraction of sp³-hybridized carbons (Fsp3) is 0.640. The maximum Gasteiger partial charge on any atom is 0.311 e. The summed E-state index contributed by atoms with van der Waals surface area (Å²) in [6.45, 7) is 9.69. The average Bonchev–Trinajstić information content (AvgIpc) is 3.01. The molecule has 2 saturated heterocycles. The summed E-state index contributed by atoms with van der Waals surface area (Å²) in [7, 11) is 0. The zero-order chi connectivity index (χ0) is 20.0. The van der Waals surface area contributed by atoms with Crippen molar-refractivity contribution in [2.24, 2.45) is 23.2 Å². The second-order valence-corrected chi connectivity index (χ2v) is 9.96. The van der Waals surface area contributed by atoms with Gasteiger partial charge in [0.05, 0.1) is 5.92 Å². The number of hydrogen-bond donors (Lipinski definition) is 0. The van der Waals surface area contributed by atoms with Crippen molar-refractivity contribution in [3.8, 4) is 0 Å². The van der Waals surface area contributed by atoms with E-state index in [4.69, 9.17) is 4.74 Å². The van der Waals surface area contributed by atoms with Crippen molar-refractivity contribution in [1.82, 2.24) is 4.90 Å². The topological polar surface area (TPSA) is 32.8 Å². The van der Waals surface area contributed by atoms with Gasteiger partial charge in [0, 0.05) is 44.3 Å². The number of rotatable bonds is 3. The Balaban J connectivity index is 1.27. The van der Waals surface area contributed by atoms with Crippen LogP contribution in [0.5, 0.6) is 0 Å². The second-order valence-electron chi connectivity index (χ2n) is 9.96. The smallest absolute Gasteiger partial charge is 0.311 e. The number of ether oxygens (including phenoxy) is 1. The highest BCUT2D eigenvalue weighted by atomic mass is 16.6. The number of carbonyl (C=O) groups excluding carboxylic acids is 1. The molecule has 0 radical (unpaired) electrons. The number of carbonyl (C=O) groups is 1. The van der Waals surface area contributed by atoms with Crippen molar-refractivity contribution in [3.05, 3.63) is 42.0 Å². The van der Waals surface area contributed by atoms with Gasteiger partial charge in [0.25, 0.3) is 0 Å². The average molecular weight is 395 g/mol. The number of hydrogen-bond acceptors (Lipinski definition) is 4. The molecule has 1 unspecified atom stereocenters. The van der Waals surface area contributed by atoms with E-state index in [0.717, 1.165) is 39.1 Å². The summed E-state index contributed by atoms with van der Waals surface area (Å²) >= 11 is 0. The number of piperazine rings is 1. The molecule has 0 amide bonds. The van der Waals surface area contributed by atoms with Crippen molar-refractivity contribution in [2.75, 3.05) is 37.6 Å². The van der Waals surface area contributed by atoms with Gasteiger partial charge in [-0.15, -0.1) is 0 Å². The Morgan fingerprint density at radius 3 is 2.66 bits per heavy atom. The zero-order valence-corrected chi connectivity index (χ0v) is 17.8. The fourth-order valence-electron chi connectivity index (χ4n) is 6.36. The molecule has 29 heavy (non-hydrogen) atoms. The Labute approximate surface area is 174 Å². The standard InChI is InChI=1S/C25H34N2O2/c1-18-7-6-10-25(2)16-23-20(15-22(18)25)21(24(28)29-23)17-26-11-13-27(14-12-26)19-8-4-3-5-9-19/h3-5,8-9,15,18,20-21,23H,6-7,10-14,16-17H2,1-2H3/t18-,20+,21?,23+,25+/m0/s1. The second kappa shape index (κ2) is 7.46. The number of allylic oxidation sites excluding steroid dienone is 1. The molecule has 5 rings (SSSR count). The monoisotopic (exact) mass is 394 g/mol. The quantitative estimate of drug-likeness (QED) is 0.570. The van der Waals surface area contributed by atoms with Gasteiger partial charge < -0.3 is 9.64 Å². The Hall–Kier alpha value is -1.81. The van der Waals surface area contributed by atoms with Gasteiger partial charge in [-0.2, -0.15) is 0 Å². The van der Waals surface area contributed by atoms with Crippen molar-refractivity contribution in [1.29, 1.82) is 0 Å². The summed E-state index contributed by atoms with van der Waals surface area (Å²) in [5, 5.41) is 0. The maximum atomic E-state index is 12.8. The number of fused-ring (bicyclic) bond motifs is 2. The maximum absolute atomic E-state index is 12.8. The lowest BCUT2D eigenvalue weighted by molar-refractivity contribution is -0.145. The summed E-state index contributed by atoms with van der Waals surface area (Å²) in [5.41, 5.74) is 3.16. The molecule has 1 saturated carbocycles. The van der Waals surface area contributed by atoms with E-state index in [9.17, 15) is 4.79 Å². The van der Waals surface area contributed by atoms with E-state index in [1.165, 1.54) is 24.9 Å². The molecule has 0 N–H and O–H groups in total. The molecule has 1 aromatic rings. The highest BCUT2D eigenvalue weighted by Crippen LogP contribution is 2.54. The minimum atomic E-state index is 0.00875. The molecule has 2 aliphatic heterocycles. The van der Waals surface area contributed by atoms with E-state index in [0.29, 0.717) is 5.92 Å². The molecule has 4 heteroatoms. The lowest BCUT2D eigenvalue weighted by Gasteiger charge is -2.46. The van der Waals surface area contributed by atoms with Gasteiger partial charge >= 0.3 is 5.97 Å². The number of para-hydroxylation sites is 1. The minimum absolute atomic E-state index is 0.00875. The van der Waals surface area contributed by atoms with E-state index in [1.54, 1.807) is 5.57 Å². The van der Waals surface area contributed by atoms with Crippen LogP contribution in [-0.4, -0.2) is 49.7 Å². The molecule has 3 fully saturated rings. The predicted molar refractivity (Wildman–Crippen MR) is 116 cm³/mol. The van der Waals surface area contributed by atoms with Gasteiger partial charge in [-0.3, -0.25) is 9.69 Å². The number of esters is 1. The van der Waals surface area contributed by atoms with Crippen LogP contribution < -0.4 is 4.90 Å². The van der Waals surface area contributed by atoms with Gasteiger partial charge in [-0.25, -0.2) is 0 Å². The molecular formula is C25H34N2O2. The Morgan fingerprint density at radius 1 is 1.14 bits per heavy atom. The summed E-state index contributed by atoms with van der Waals surface area (Å²) < 4.78 is 5.94. The number of benzene rings is 1. The van der Waals surface area contributed by atoms with Gasteiger partial charge in [0.1, 0.15) is 6.10 Å². The molecular weight excluding hydrogens is 360 g/mol. The molecule has 5 atom stereocenters. The van der Waals surface area contributed by atoms with Gasteiger partial charge in [-0.1, -0.05) is 50.1 Å². The van der Waals surface area contributed by atoms with Crippen molar-refractivity contribution < 1.29 is 9.53 Å². The van der Waals surface area contributed by atoms with Crippen LogP contribution in [-0.2, 0) is 9.53 Å². The van der Waals surface area contributed by atoms with E-state index >= 15 is 0 Å². The Morgan fingerprint density at radius 2 is 1.90 bits per heavy atom. The first-order valence-electron chi connectivity index (χ1n) is 11.5. The molecule has 2 heterocycles. The Kier molecular flexibility index (Phi) is 4.93. The third-order valence-electron chi connectivity index (χ3n) is 8.03. The largest absolute Gasteiger partial charge is 0.461 e. The van der Waals surface area contributed by atoms with Crippen molar-refractivity contribution >= 4 is 11.7 Å². The van der Waals surface area contributed by atoms with E-state index in [2.05, 4.69) is 60.1 Å². The third kappa shape index (κ3) is 3.50. The predicted octanol–water partition coefficient (Wildman–Crippen LogP) is 4.12. The van der Waals surface area contributed by atoms with E-state index < -0.39 is 0 Å². The molecule has 0 bridgehead atoms. The lowest BCUT2D eigenvalue weighted by atomic mass is 9.59. The van der Waals surface area contributed by atoms with Crippen LogP contribution in [0.3, 0.4) is 0 Å². The highest BCUT2D eigenvalue weighted by molar-refractivity contribution is 5.76. The molecule has 2 aliphatic carbocycles. The minimum Gasteiger partial charge on any atom is -0.461 e. The molecule has 0 aromatic heterocycles. The number of anilines is 1. The van der Waals surface area contributed by atoms with Crippen LogP contribution in [0.2, 0.25) is 0 Å². The lowest BCUT2D eigenvalue weighted by Crippen LogP contribution is -2.49. The molecule has 1 aromatic carbocycles. The van der Waals surface area contributed by atoms with Crippen LogP contribution in [0.15, 0.2) is 42.0 Å². The summed E-state index contributed by atoms with van der Waals surface area (Å²) in [6.07, 6.45) is 7.44. The van der Waals surface area contributed by atoms with Crippen LogP contribution in [0, 0.1) is 23.2 Å². The van der Waals surface area contributed by atoms with Gasteiger partial charge in [0.2, 0.25) is 0 Å². The third-order valence-corrected chi connectivity index (χ3v) is 8.03. The van der Waals surface area contributed by atoms with Crippen molar-refractivity contribution in [3.63, 3.8) is 0 Å². The van der Waals surface area contributed by atoms with Crippen LogP contribution in [0.4, 0.5) is 5.69 Å². The van der Waals surface area contributed by atoms with Crippen LogP contribution in [0.25, 0.3) is 0 Å². The van der Waals surface area contributed by atoms with Crippen LogP contribution in [0.1, 0.15) is 39.5 Å². The van der Waals surface area contributed by atoms with Crippen molar-refractivity contribution in [2.45, 2.75) is 45.6 Å². The van der Waals surface area contributed by atoms with Gasteiger partial charge in [0.15, 0.2) is 0 Å². The highest BCUT2D eigenvalue weighted by Gasteiger charge is 2.52. The summed E-state index contributed by atoms with van der Waals surface area (Å²) in [5.74, 6) is 0.977. The molecule has 4 nitrogen and oxygen atoms in total. The summed E-state index contributed by atoms with van der Waals surface area (Å²) in [6, 6.07) is 10.6. The van der Waals surface area contributed by atoms with E-state index in [-0.39, 0.29) is 29.3 Å². The van der Waals surface area contributed by atoms with Gasteiger partial charge in [-0.05, 0) is 42.7 Å². The Bertz CT molecular complexity index is 783. The zero-order valence-electron chi connectivity index (χ0n) is 17.8. The first-order valence-corrected chi connectivity index (χ1v) is 11.5. The molecule has 4 aliphatic rings. The molecule has 156 valence electrons. The number of nitrogens with zero attached hydrogens (tertiary/aromatic N) is 2. The molecule has 0 spiro atoms. The SMILES string of the molecule is C[C@H]1CCC[C@]2(C)C[C@H]3OC(=O)C(CN4CCN(c5ccccc5)CC4)[C@H]3C=C12. The normalized spacial score (nSPS) is 37.5. The summed E-state index contributed by atoms with van der Waals surface area (Å²) in [4.78, 5) is 17.7. The van der Waals surface area contributed by atoms with E-state index in [1.807, 2.05) is 0 Å². The fourth-order valence-corrected chi connectivity index (χ4v) is 6.36.